The van der Waals surface area contributed by atoms with E-state index >= 15 is 0 Å². The van der Waals surface area contributed by atoms with Crippen molar-refractivity contribution in [3.8, 4) is 0 Å². The number of anilines is 1. The summed E-state index contributed by atoms with van der Waals surface area (Å²) in [4.78, 5) is 27.1. The fraction of sp³-hybridized carbons (Fsp3) is 0.556. The summed E-state index contributed by atoms with van der Waals surface area (Å²) in [5, 5.41) is 9.55. The van der Waals surface area contributed by atoms with E-state index in [0.717, 1.165) is 16.8 Å². The summed E-state index contributed by atoms with van der Waals surface area (Å²) >= 11 is 0. The van der Waals surface area contributed by atoms with Crippen LogP contribution in [0.2, 0.25) is 0 Å². The summed E-state index contributed by atoms with van der Waals surface area (Å²) in [6.07, 6.45) is 0.453. The van der Waals surface area contributed by atoms with E-state index in [2.05, 4.69) is 20.8 Å². The number of hydrogen-bond acceptors (Lipinski definition) is 3. The summed E-state index contributed by atoms with van der Waals surface area (Å²) in [7, 11) is 0. The van der Waals surface area contributed by atoms with E-state index in [9.17, 15) is 14.7 Å². The molecule has 1 aromatic rings. The van der Waals surface area contributed by atoms with Crippen molar-refractivity contribution in [2.45, 2.75) is 45.7 Å². The molecule has 1 aromatic carbocycles. The van der Waals surface area contributed by atoms with Crippen LogP contribution >= 0.6 is 0 Å². The van der Waals surface area contributed by atoms with Crippen LogP contribution in [-0.2, 0) is 11.2 Å². The highest BCUT2D eigenvalue weighted by molar-refractivity contribution is 5.99. The van der Waals surface area contributed by atoms with Crippen molar-refractivity contribution >= 4 is 17.7 Å². The highest BCUT2D eigenvalue weighted by atomic mass is 16.4. The van der Waals surface area contributed by atoms with E-state index in [1.807, 2.05) is 18.2 Å². The number of carbonyl (C=O) groups is 2. The zero-order valence-corrected chi connectivity index (χ0v) is 14.5. The Morgan fingerprint density at radius 3 is 2.54 bits per heavy atom. The van der Waals surface area contributed by atoms with Gasteiger partial charge in [-0.2, -0.15) is 0 Å². The van der Waals surface area contributed by atoms with E-state index < -0.39 is 12.1 Å². The number of fused-ring (bicyclic) bond motifs is 1. The summed E-state index contributed by atoms with van der Waals surface area (Å²) < 4.78 is 0. The molecule has 6 nitrogen and oxygen atoms in total. The van der Waals surface area contributed by atoms with Crippen LogP contribution < -0.4 is 10.6 Å². The molecule has 2 atom stereocenters. The number of carbonyl (C=O) groups excluding carboxylic acids is 1. The third-order valence-corrected chi connectivity index (χ3v) is 4.98. The maximum absolute atomic E-state index is 12.2. The van der Waals surface area contributed by atoms with Gasteiger partial charge in [-0.05, 0) is 41.5 Å². The highest BCUT2D eigenvalue weighted by Crippen LogP contribution is 2.43. The predicted molar refractivity (Wildman–Crippen MR) is 92.0 cm³/mol. The zero-order valence-electron chi connectivity index (χ0n) is 14.5. The van der Waals surface area contributed by atoms with Gasteiger partial charge in [0.15, 0.2) is 0 Å². The smallest absolute Gasteiger partial charge is 0.407 e. The molecule has 0 aliphatic carbocycles. The van der Waals surface area contributed by atoms with Gasteiger partial charge in [0.2, 0.25) is 5.91 Å². The van der Waals surface area contributed by atoms with Crippen LogP contribution in [0.5, 0.6) is 0 Å². The number of carboxylic acid groups (broad SMARTS) is 1. The van der Waals surface area contributed by atoms with Crippen molar-refractivity contribution in [2.75, 3.05) is 18.0 Å². The maximum atomic E-state index is 12.2. The molecule has 1 fully saturated rings. The molecule has 6 heteroatoms. The second-order valence-corrected chi connectivity index (χ2v) is 7.76. The Balaban J connectivity index is 1.99. The molecular weight excluding hydrogens is 306 g/mol. The van der Waals surface area contributed by atoms with E-state index in [-0.39, 0.29) is 17.4 Å². The van der Waals surface area contributed by atoms with Gasteiger partial charge in [0, 0.05) is 18.8 Å². The summed E-state index contributed by atoms with van der Waals surface area (Å²) in [6, 6.07) is 5.32. The number of rotatable bonds is 1. The summed E-state index contributed by atoms with van der Waals surface area (Å²) in [6.45, 7) is 7.28. The first kappa shape index (κ1) is 16.8. The quantitative estimate of drug-likeness (QED) is 0.827. The Bertz CT molecular complexity index is 681. The lowest BCUT2D eigenvalue weighted by molar-refractivity contribution is -0.118. The maximum Gasteiger partial charge on any atom is 0.407 e. The fourth-order valence-electron chi connectivity index (χ4n) is 3.88. The Kier molecular flexibility index (Phi) is 4.03. The molecule has 3 rings (SSSR count). The van der Waals surface area contributed by atoms with Crippen LogP contribution in [0.4, 0.5) is 10.5 Å². The van der Waals surface area contributed by atoms with Crippen molar-refractivity contribution in [1.29, 1.82) is 0 Å². The summed E-state index contributed by atoms with van der Waals surface area (Å²) in [5.74, 6) is -0.0368. The molecule has 0 bridgehead atoms. The first-order valence-electron chi connectivity index (χ1n) is 8.39. The molecule has 0 aromatic heterocycles. The number of hydrogen-bond donors (Lipinski definition) is 2. The van der Waals surface area contributed by atoms with Gasteiger partial charge >= 0.3 is 6.09 Å². The van der Waals surface area contributed by atoms with Crippen molar-refractivity contribution in [2.24, 2.45) is 11.1 Å². The normalized spacial score (nSPS) is 24.2. The van der Waals surface area contributed by atoms with Gasteiger partial charge in [-0.25, -0.2) is 4.79 Å². The van der Waals surface area contributed by atoms with Crippen LogP contribution in [0, 0.1) is 5.41 Å². The van der Waals surface area contributed by atoms with Crippen molar-refractivity contribution in [3.63, 3.8) is 0 Å². The minimum Gasteiger partial charge on any atom is -0.465 e. The SMILES string of the molecule is CC(C)(C)C1c2ccc(N3CC[C@@H](N)C3=O)cc2CCN1C(=O)O. The van der Waals surface area contributed by atoms with Crippen LogP contribution in [-0.4, -0.2) is 41.1 Å². The molecule has 0 saturated carbocycles. The number of nitrogens with zero attached hydrogens (tertiary/aromatic N) is 2. The van der Waals surface area contributed by atoms with E-state index in [0.29, 0.717) is 25.9 Å². The topological polar surface area (TPSA) is 86.9 Å². The minimum atomic E-state index is -0.884. The van der Waals surface area contributed by atoms with E-state index in [1.165, 1.54) is 4.90 Å². The fourth-order valence-corrected chi connectivity index (χ4v) is 3.88. The highest BCUT2D eigenvalue weighted by Gasteiger charge is 2.39. The van der Waals surface area contributed by atoms with Gasteiger partial charge in [-0.1, -0.05) is 26.8 Å². The van der Waals surface area contributed by atoms with Gasteiger partial charge in [-0.3, -0.25) is 4.79 Å². The molecule has 24 heavy (non-hydrogen) atoms. The molecule has 0 radical (unpaired) electrons. The predicted octanol–water partition coefficient (Wildman–Crippen LogP) is 2.37. The Morgan fingerprint density at radius 2 is 2.00 bits per heavy atom. The van der Waals surface area contributed by atoms with Crippen molar-refractivity contribution in [3.05, 3.63) is 29.3 Å². The first-order valence-corrected chi connectivity index (χ1v) is 8.39. The van der Waals surface area contributed by atoms with E-state index in [4.69, 9.17) is 5.73 Å². The van der Waals surface area contributed by atoms with Crippen molar-refractivity contribution < 1.29 is 14.7 Å². The zero-order chi connectivity index (χ0) is 17.6. The molecular formula is C18H25N3O3. The van der Waals surface area contributed by atoms with Gasteiger partial charge in [0.05, 0.1) is 12.1 Å². The van der Waals surface area contributed by atoms with Crippen LogP contribution in [0.3, 0.4) is 0 Å². The average molecular weight is 331 g/mol. The van der Waals surface area contributed by atoms with Gasteiger partial charge in [0.25, 0.3) is 0 Å². The lowest BCUT2D eigenvalue weighted by atomic mass is 9.77. The minimum absolute atomic E-state index is 0.0368. The molecule has 2 aliphatic heterocycles. The molecule has 1 saturated heterocycles. The molecule has 2 aliphatic rings. The Hall–Kier alpha value is -2.08. The lowest BCUT2D eigenvalue weighted by Crippen LogP contribution is -2.44. The number of amides is 2. The number of nitrogens with two attached hydrogens (primary N) is 1. The lowest BCUT2D eigenvalue weighted by Gasteiger charge is -2.43. The van der Waals surface area contributed by atoms with Gasteiger partial charge in [-0.15, -0.1) is 0 Å². The molecule has 3 N–H and O–H groups in total. The second kappa shape index (κ2) is 5.77. The third-order valence-electron chi connectivity index (χ3n) is 4.98. The first-order chi connectivity index (χ1) is 11.2. The Morgan fingerprint density at radius 1 is 1.29 bits per heavy atom. The van der Waals surface area contributed by atoms with Crippen molar-refractivity contribution in [1.82, 2.24) is 4.90 Å². The Labute approximate surface area is 142 Å². The van der Waals surface area contributed by atoms with Crippen LogP contribution in [0.15, 0.2) is 18.2 Å². The van der Waals surface area contributed by atoms with Gasteiger partial charge in [0.1, 0.15) is 0 Å². The van der Waals surface area contributed by atoms with Crippen LogP contribution in [0.25, 0.3) is 0 Å². The second-order valence-electron chi connectivity index (χ2n) is 7.76. The van der Waals surface area contributed by atoms with E-state index in [1.54, 1.807) is 4.90 Å². The molecule has 2 heterocycles. The third kappa shape index (κ3) is 2.75. The average Bonchev–Trinajstić information content (AvgIpc) is 2.84. The molecule has 130 valence electrons. The molecule has 1 unspecified atom stereocenters. The standard InChI is InChI=1S/C18H25N3O3/c1-18(2,3)15-13-5-4-12(20-9-7-14(19)16(20)22)10-11(13)6-8-21(15)17(23)24/h4-5,10,14-15H,6-9,19H2,1-3H3,(H,23,24)/t14-,15?/m1/s1. The largest absolute Gasteiger partial charge is 0.465 e. The molecule has 2 amide bonds. The summed E-state index contributed by atoms with van der Waals surface area (Å²) in [5.41, 5.74) is 8.63. The monoisotopic (exact) mass is 331 g/mol. The van der Waals surface area contributed by atoms with Crippen LogP contribution in [0.1, 0.15) is 44.4 Å². The van der Waals surface area contributed by atoms with Gasteiger partial charge < -0.3 is 20.6 Å². The molecule has 0 spiro atoms. The number of benzene rings is 1.